The van der Waals surface area contributed by atoms with Gasteiger partial charge in [-0.2, -0.15) is 5.10 Å². The molecule has 32 heavy (non-hydrogen) atoms. The first-order valence-electron chi connectivity index (χ1n) is 10.0. The lowest BCUT2D eigenvalue weighted by atomic mass is 10.2. The highest BCUT2D eigenvalue weighted by atomic mass is 16.5. The Balaban J connectivity index is 1.56. The van der Waals surface area contributed by atoms with Gasteiger partial charge in [-0.3, -0.25) is 9.59 Å². The number of methoxy groups -OCH3 is 1. The minimum Gasteiger partial charge on any atom is -0.493 e. The van der Waals surface area contributed by atoms with Crippen LogP contribution in [0.25, 0.3) is 6.08 Å². The average molecular weight is 435 g/mol. The molecule has 1 aromatic heterocycles. The van der Waals surface area contributed by atoms with E-state index in [0.717, 1.165) is 5.56 Å². The van der Waals surface area contributed by atoms with Gasteiger partial charge in [0.1, 0.15) is 18.7 Å². The fraction of sp³-hybridized carbons (Fsp3) is 0.217. The van der Waals surface area contributed by atoms with Crippen LogP contribution in [0, 0.1) is 0 Å². The predicted molar refractivity (Wildman–Crippen MR) is 122 cm³/mol. The molecular formula is C23H25N5O4. The quantitative estimate of drug-likeness (QED) is 0.498. The fourth-order valence-corrected chi connectivity index (χ4v) is 2.84. The van der Waals surface area contributed by atoms with Crippen molar-refractivity contribution in [3.05, 3.63) is 66.8 Å². The van der Waals surface area contributed by atoms with E-state index in [2.05, 4.69) is 20.7 Å². The molecule has 1 heterocycles. The Kier molecular flexibility index (Phi) is 7.58. The van der Waals surface area contributed by atoms with Gasteiger partial charge < -0.3 is 20.1 Å². The highest BCUT2D eigenvalue weighted by Gasteiger charge is 2.15. The van der Waals surface area contributed by atoms with Crippen LogP contribution < -0.4 is 20.1 Å². The van der Waals surface area contributed by atoms with Crippen LogP contribution in [-0.2, 0) is 9.59 Å². The highest BCUT2D eigenvalue weighted by molar-refractivity contribution is 6.02. The normalized spacial score (nSPS) is 11.7. The van der Waals surface area contributed by atoms with E-state index < -0.39 is 6.04 Å². The number of aromatic nitrogens is 3. The average Bonchev–Trinajstić information content (AvgIpc) is 3.34. The molecule has 3 rings (SSSR count). The molecule has 0 saturated heterocycles. The molecule has 2 aromatic carbocycles. The smallest absolute Gasteiger partial charge is 0.249 e. The maximum atomic E-state index is 12.3. The van der Waals surface area contributed by atoms with E-state index in [-0.39, 0.29) is 11.8 Å². The second-order valence-electron chi connectivity index (χ2n) is 6.78. The summed E-state index contributed by atoms with van der Waals surface area (Å²) in [5.74, 6) is 0.751. The second kappa shape index (κ2) is 10.8. The third-order valence-electron chi connectivity index (χ3n) is 4.55. The lowest BCUT2D eigenvalue weighted by Crippen LogP contribution is -2.24. The van der Waals surface area contributed by atoms with Crippen LogP contribution in [0.15, 0.2) is 61.2 Å². The summed E-state index contributed by atoms with van der Waals surface area (Å²) in [7, 11) is 1.58. The van der Waals surface area contributed by atoms with E-state index in [4.69, 9.17) is 9.47 Å². The lowest BCUT2D eigenvalue weighted by Gasteiger charge is -2.12. The number of hydrogen-bond donors (Lipinski definition) is 2. The molecule has 9 nitrogen and oxygen atoms in total. The molecule has 0 aliphatic carbocycles. The maximum Gasteiger partial charge on any atom is 0.249 e. The Hall–Kier alpha value is -4.14. The summed E-state index contributed by atoms with van der Waals surface area (Å²) in [5.41, 5.74) is 2.02. The summed E-state index contributed by atoms with van der Waals surface area (Å²) < 4.78 is 12.3. The standard InChI is InChI=1S/C23H25N5O4/c1-4-32-21-13-17(5-11-20(21)31-3)6-12-22(29)26-18-7-9-19(10-8-18)27-23(30)16(2)28-15-24-14-25-28/h5-16H,4H2,1-3H3,(H,26,29)(H,27,30)/b12-6+. The zero-order valence-corrected chi connectivity index (χ0v) is 18.1. The van der Waals surface area contributed by atoms with Gasteiger partial charge in [-0.15, -0.1) is 0 Å². The van der Waals surface area contributed by atoms with E-state index in [1.807, 2.05) is 19.1 Å². The molecule has 0 radical (unpaired) electrons. The number of carbonyl (C=O) groups excluding carboxylic acids is 2. The van der Waals surface area contributed by atoms with Crippen molar-refractivity contribution >= 4 is 29.3 Å². The molecule has 0 spiro atoms. The molecule has 0 aliphatic heterocycles. The maximum absolute atomic E-state index is 12.3. The largest absolute Gasteiger partial charge is 0.493 e. The first-order chi connectivity index (χ1) is 15.5. The van der Waals surface area contributed by atoms with Gasteiger partial charge in [-0.25, -0.2) is 9.67 Å². The summed E-state index contributed by atoms with van der Waals surface area (Å²) in [5, 5.41) is 9.55. The van der Waals surface area contributed by atoms with E-state index in [0.29, 0.717) is 29.5 Å². The van der Waals surface area contributed by atoms with Crippen molar-refractivity contribution in [2.75, 3.05) is 24.4 Å². The molecule has 166 valence electrons. The minimum absolute atomic E-state index is 0.221. The monoisotopic (exact) mass is 435 g/mol. The lowest BCUT2D eigenvalue weighted by molar-refractivity contribution is -0.119. The van der Waals surface area contributed by atoms with Crippen molar-refractivity contribution < 1.29 is 19.1 Å². The molecule has 9 heteroatoms. The van der Waals surface area contributed by atoms with Crippen LogP contribution >= 0.6 is 0 Å². The van der Waals surface area contributed by atoms with E-state index in [1.165, 1.54) is 23.4 Å². The summed E-state index contributed by atoms with van der Waals surface area (Å²) in [6.07, 6.45) is 5.99. The van der Waals surface area contributed by atoms with Crippen LogP contribution in [0.1, 0.15) is 25.5 Å². The van der Waals surface area contributed by atoms with Gasteiger partial charge in [0, 0.05) is 17.5 Å². The Morgan fingerprint density at radius 2 is 1.81 bits per heavy atom. The molecular weight excluding hydrogens is 410 g/mol. The topological polar surface area (TPSA) is 107 Å². The number of benzene rings is 2. The van der Waals surface area contributed by atoms with Crippen molar-refractivity contribution in [1.29, 1.82) is 0 Å². The zero-order valence-electron chi connectivity index (χ0n) is 18.1. The van der Waals surface area contributed by atoms with Crippen molar-refractivity contribution in [2.24, 2.45) is 0 Å². The summed E-state index contributed by atoms with van der Waals surface area (Å²) in [6.45, 7) is 4.13. The first-order valence-corrected chi connectivity index (χ1v) is 10.0. The highest BCUT2D eigenvalue weighted by Crippen LogP contribution is 2.28. The van der Waals surface area contributed by atoms with Crippen molar-refractivity contribution in [3.63, 3.8) is 0 Å². The van der Waals surface area contributed by atoms with Crippen LogP contribution in [0.4, 0.5) is 11.4 Å². The van der Waals surface area contributed by atoms with E-state index in [9.17, 15) is 9.59 Å². The Labute approximate surface area is 186 Å². The Bertz CT molecular complexity index is 1080. The predicted octanol–water partition coefficient (Wildman–Crippen LogP) is 3.54. The number of amides is 2. The van der Waals surface area contributed by atoms with Crippen molar-refractivity contribution in [3.8, 4) is 11.5 Å². The molecule has 3 aromatic rings. The molecule has 2 amide bonds. The number of nitrogens with one attached hydrogen (secondary N) is 2. The summed E-state index contributed by atoms with van der Waals surface area (Å²) in [4.78, 5) is 28.4. The third kappa shape index (κ3) is 5.94. The molecule has 0 saturated carbocycles. The molecule has 0 fully saturated rings. The number of ether oxygens (including phenoxy) is 2. The summed E-state index contributed by atoms with van der Waals surface area (Å²) in [6, 6.07) is 11.8. The zero-order chi connectivity index (χ0) is 22.9. The van der Waals surface area contributed by atoms with Crippen LogP contribution in [-0.4, -0.2) is 40.3 Å². The Morgan fingerprint density at radius 1 is 1.09 bits per heavy atom. The SMILES string of the molecule is CCOc1cc(/C=C/C(=O)Nc2ccc(NC(=O)C(C)n3cncn3)cc2)ccc1OC. The molecule has 1 atom stereocenters. The van der Waals surface area contributed by atoms with Gasteiger partial charge in [0.2, 0.25) is 11.8 Å². The van der Waals surface area contributed by atoms with Gasteiger partial charge in [0.05, 0.1) is 13.7 Å². The number of hydrogen-bond acceptors (Lipinski definition) is 6. The molecule has 0 aliphatic rings. The number of carbonyl (C=O) groups is 2. The second-order valence-corrected chi connectivity index (χ2v) is 6.78. The summed E-state index contributed by atoms with van der Waals surface area (Å²) >= 11 is 0. The number of nitrogens with zero attached hydrogens (tertiary/aromatic N) is 3. The first kappa shape index (κ1) is 22.5. The van der Waals surface area contributed by atoms with Crippen LogP contribution in [0.3, 0.4) is 0 Å². The van der Waals surface area contributed by atoms with Crippen LogP contribution in [0.2, 0.25) is 0 Å². The van der Waals surface area contributed by atoms with Crippen LogP contribution in [0.5, 0.6) is 11.5 Å². The molecule has 0 bridgehead atoms. The van der Waals surface area contributed by atoms with Gasteiger partial charge in [-0.1, -0.05) is 6.07 Å². The van der Waals surface area contributed by atoms with Gasteiger partial charge in [0.15, 0.2) is 11.5 Å². The van der Waals surface area contributed by atoms with E-state index in [1.54, 1.807) is 50.4 Å². The molecule has 2 N–H and O–H groups in total. The van der Waals surface area contributed by atoms with Gasteiger partial charge >= 0.3 is 0 Å². The Morgan fingerprint density at radius 3 is 2.44 bits per heavy atom. The van der Waals surface area contributed by atoms with Crippen molar-refractivity contribution in [1.82, 2.24) is 14.8 Å². The minimum atomic E-state index is -0.497. The van der Waals surface area contributed by atoms with Gasteiger partial charge in [-0.05, 0) is 61.9 Å². The number of rotatable bonds is 9. The fourth-order valence-electron chi connectivity index (χ4n) is 2.84. The third-order valence-corrected chi connectivity index (χ3v) is 4.55. The van der Waals surface area contributed by atoms with Crippen molar-refractivity contribution in [2.45, 2.75) is 19.9 Å². The molecule has 1 unspecified atom stereocenters. The van der Waals surface area contributed by atoms with Gasteiger partial charge in [0.25, 0.3) is 0 Å². The number of anilines is 2. The van der Waals surface area contributed by atoms with E-state index >= 15 is 0 Å².